The number of benzene rings is 1. The zero-order valence-corrected chi connectivity index (χ0v) is 13.2. The molecule has 124 valence electrons. The van der Waals surface area contributed by atoms with Gasteiger partial charge in [0.2, 0.25) is 0 Å². The van der Waals surface area contributed by atoms with Gasteiger partial charge in [-0.2, -0.15) is 0 Å². The maximum Gasteiger partial charge on any atom is 0.316 e. The number of imidazole rings is 1. The second-order valence-electron chi connectivity index (χ2n) is 6.42. The van der Waals surface area contributed by atoms with Gasteiger partial charge in [-0.1, -0.05) is 0 Å². The van der Waals surface area contributed by atoms with Crippen LogP contribution in [0.3, 0.4) is 0 Å². The van der Waals surface area contributed by atoms with E-state index < -0.39 is 11.4 Å². The lowest BCUT2D eigenvalue weighted by molar-refractivity contribution is -0.140. The van der Waals surface area contributed by atoms with Crippen LogP contribution in [0.4, 0.5) is 0 Å². The van der Waals surface area contributed by atoms with Gasteiger partial charge in [0.1, 0.15) is 11.0 Å². The molecule has 1 unspecified atom stereocenters. The minimum Gasteiger partial charge on any atom is -0.481 e. The molecule has 1 fully saturated rings. The van der Waals surface area contributed by atoms with Gasteiger partial charge in [-0.3, -0.25) is 4.79 Å². The number of carbonyl (C=O) groups is 1. The topological polar surface area (TPSA) is 94.3 Å². The highest BCUT2D eigenvalue weighted by molar-refractivity contribution is 5.85. The molecule has 0 radical (unpaired) electrons. The van der Waals surface area contributed by atoms with Crippen molar-refractivity contribution >= 4 is 16.9 Å². The van der Waals surface area contributed by atoms with Crippen LogP contribution in [-0.2, 0) is 10.2 Å². The summed E-state index contributed by atoms with van der Waals surface area (Å²) in [5.74, 6) is -0.668. The molecule has 1 saturated carbocycles. The van der Waals surface area contributed by atoms with Gasteiger partial charge in [-0.15, -0.1) is 0 Å². The minimum absolute atomic E-state index is 0.123. The molecule has 3 N–H and O–H groups in total. The fourth-order valence-corrected chi connectivity index (χ4v) is 3.54. The molecule has 1 aromatic carbocycles. The first-order chi connectivity index (χ1) is 11.6. The number of carboxylic acid groups (broad SMARTS) is 1. The van der Waals surface area contributed by atoms with Crippen LogP contribution in [0.5, 0.6) is 0 Å². The molecule has 0 amide bonds. The van der Waals surface area contributed by atoms with Gasteiger partial charge in [-0.25, -0.2) is 4.98 Å². The number of furan rings is 1. The number of fused-ring (bicyclic) bond motifs is 1. The Balaban J connectivity index is 1.65. The minimum atomic E-state index is -0.847. The van der Waals surface area contributed by atoms with Gasteiger partial charge >= 0.3 is 5.97 Å². The fourth-order valence-electron chi connectivity index (χ4n) is 3.54. The highest BCUT2D eigenvalue weighted by Crippen LogP contribution is 2.56. The Labute approximate surface area is 138 Å². The molecule has 2 atom stereocenters. The summed E-state index contributed by atoms with van der Waals surface area (Å²) >= 11 is 0. The molecule has 0 aliphatic heterocycles. The van der Waals surface area contributed by atoms with E-state index in [0.29, 0.717) is 18.7 Å². The molecule has 6 heteroatoms. The van der Waals surface area contributed by atoms with Crippen LogP contribution in [0.25, 0.3) is 16.7 Å². The third-order valence-electron chi connectivity index (χ3n) is 5.02. The predicted molar refractivity (Wildman–Crippen MR) is 89.0 cm³/mol. The van der Waals surface area contributed by atoms with Crippen LogP contribution in [0.2, 0.25) is 0 Å². The van der Waals surface area contributed by atoms with E-state index in [4.69, 9.17) is 10.2 Å². The summed E-state index contributed by atoms with van der Waals surface area (Å²) in [4.78, 5) is 16.3. The molecular weight excluding hydrogens is 306 g/mol. The number of hydrogen-bond acceptors (Lipinski definition) is 4. The van der Waals surface area contributed by atoms with Gasteiger partial charge in [0.25, 0.3) is 0 Å². The van der Waals surface area contributed by atoms with Crippen molar-refractivity contribution in [2.75, 3.05) is 6.54 Å². The van der Waals surface area contributed by atoms with Crippen LogP contribution in [0.1, 0.15) is 25.0 Å². The first-order valence-corrected chi connectivity index (χ1v) is 8.11. The number of rotatable bonds is 6. The van der Waals surface area contributed by atoms with Crippen molar-refractivity contribution in [3.8, 4) is 5.69 Å². The first-order valence-electron chi connectivity index (χ1n) is 8.11. The average molecular weight is 325 g/mol. The number of hydrogen-bond donors (Lipinski definition) is 2. The summed E-state index contributed by atoms with van der Waals surface area (Å²) < 4.78 is 7.21. The number of aliphatic carboxylic acids is 1. The second kappa shape index (κ2) is 5.49. The number of aromatic nitrogens is 2. The highest BCUT2D eigenvalue weighted by Gasteiger charge is 2.62. The van der Waals surface area contributed by atoms with Crippen molar-refractivity contribution < 1.29 is 14.3 Å². The summed E-state index contributed by atoms with van der Waals surface area (Å²) in [5.41, 5.74) is 7.09. The lowest BCUT2D eigenvalue weighted by Crippen LogP contribution is -2.23. The van der Waals surface area contributed by atoms with E-state index in [1.807, 2.05) is 35.0 Å². The van der Waals surface area contributed by atoms with Gasteiger partial charge in [0.05, 0.1) is 18.3 Å². The van der Waals surface area contributed by atoms with Gasteiger partial charge < -0.3 is 19.8 Å². The molecule has 2 aromatic heterocycles. The molecule has 0 bridgehead atoms. The molecule has 2 heterocycles. The zero-order chi connectivity index (χ0) is 16.7. The summed E-state index contributed by atoms with van der Waals surface area (Å²) in [5, 5.41) is 10.7. The van der Waals surface area contributed by atoms with Crippen LogP contribution in [-0.4, -0.2) is 27.2 Å². The van der Waals surface area contributed by atoms with Crippen molar-refractivity contribution in [2.24, 2.45) is 11.7 Å². The third-order valence-corrected chi connectivity index (χ3v) is 5.02. The Morgan fingerprint density at radius 2 is 2.33 bits per heavy atom. The molecule has 1 aliphatic carbocycles. The van der Waals surface area contributed by atoms with E-state index in [1.54, 1.807) is 12.6 Å². The monoisotopic (exact) mass is 325 g/mol. The Bertz CT molecular complexity index is 898. The summed E-state index contributed by atoms with van der Waals surface area (Å²) in [7, 11) is 0. The zero-order valence-electron chi connectivity index (χ0n) is 13.2. The van der Waals surface area contributed by atoms with E-state index in [-0.39, 0.29) is 5.92 Å². The molecule has 0 spiro atoms. The van der Waals surface area contributed by atoms with Crippen molar-refractivity contribution in [2.45, 2.75) is 24.7 Å². The van der Waals surface area contributed by atoms with Crippen molar-refractivity contribution in [3.05, 3.63) is 48.7 Å². The second-order valence-corrected chi connectivity index (χ2v) is 6.42. The quantitative estimate of drug-likeness (QED) is 0.726. The van der Waals surface area contributed by atoms with Crippen molar-refractivity contribution in [3.63, 3.8) is 0 Å². The fraction of sp³-hybridized carbons (Fsp3) is 0.333. The summed E-state index contributed by atoms with van der Waals surface area (Å²) in [6, 6.07) is 7.73. The Morgan fingerprint density at radius 1 is 1.46 bits per heavy atom. The van der Waals surface area contributed by atoms with E-state index in [2.05, 4.69) is 4.98 Å². The Morgan fingerprint density at radius 3 is 3.12 bits per heavy atom. The number of carboxylic acids is 1. The van der Waals surface area contributed by atoms with Crippen molar-refractivity contribution in [1.82, 2.24) is 9.55 Å². The summed E-state index contributed by atoms with van der Waals surface area (Å²) in [6.07, 6.45) is 7.48. The average Bonchev–Trinajstić information content (AvgIpc) is 2.94. The lowest BCUT2D eigenvalue weighted by Gasteiger charge is -2.09. The third kappa shape index (κ3) is 2.22. The maximum absolute atomic E-state index is 11.9. The van der Waals surface area contributed by atoms with E-state index >= 15 is 0 Å². The smallest absolute Gasteiger partial charge is 0.316 e. The Kier molecular flexibility index (Phi) is 3.42. The molecule has 0 saturated heterocycles. The van der Waals surface area contributed by atoms with E-state index in [9.17, 15) is 9.90 Å². The van der Waals surface area contributed by atoms with Crippen LogP contribution in [0.15, 0.2) is 47.5 Å². The maximum atomic E-state index is 11.9. The van der Waals surface area contributed by atoms with Crippen LogP contribution in [0, 0.1) is 5.92 Å². The van der Waals surface area contributed by atoms with E-state index in [0.717, 1.165) is 29.5 Å². The number of nitrogens with zero attached hydrogens (tertiary/aromatic N) is 2. The first kappa shape index (κ1) is 15.0. The van der Waals surface area contributed by atoms with Gasteiger partial charge in [0, 0.05) is 17.3 Å². The Hall–Kier alpha value is -2.60. The van der Waals surface area contributed by atoms with E-state index in [1.165, 1.54) is 0 Å². The molecule has 4 rings (SSSR count). The molecule has 6 nitrogen and oxygen atoms in total. The highest BCUT2D eigenvalue weighted by atomic mass is 16.4. The predicted octanol–water partition coefficient (Wildman–Crippen LogP) is 2.70. The molecule has 24 heavy (non-hydrogen) atoms. The van der Waals surface area contributed by atoms with Crippen LogP contribution >= 0.6 is 0 Å². The van der Waals surface area contributed by atoms with Gasteiger partial charge in [0.15, 0.2) is 0 Å². The lowest BCUT2D eigenvalue weighted by atomic mass is 9.98. The summed E-state index contributed by atoms with van der Waals surface area (Å²) in [6.45, 7) is 0.589. The SMILES string of the molecule is NCCC[C@H]1CC1(C(=O)O)c1cn(-c2ccc3occc3c2)cn1. The molecule has 1 aliphatic rings. The molecular formula is C18H19N3O3. The van der Waals surface area contributed by atoms with Crippen LogP contribution < -0.4 is 5.73 Å². The number of nitrogens with two attached hydrogens (primary N) is 1. The van der Waals surface area contributed by atoms with Gasteiger partial charge in [-0.05, 0) is 56.0 Å². The van der Waals surface area contributed by atoms with Crippen molar-refractivity contribution in [1.29, 1.82) is 0 Å². The molecule has 3 aromatic rings. The standard InChI is InChI=1S/C18H19N3O3/c19-6-1-2-13-9-18(13,17(22)23)16-10-21(11-20-16)14-3-4-15-12(8-14)5-7-24-15/h3-5,7-8,10-11,13H,1-2,6,9,19H2,(H,22,23)/t13-,18?/m0/s1. The normalized spacial score (nSPS) is 22.8. The largest absolute Gasteiger partial charge is 0.481 e.